The lowest BCUT2D eigenvalue weighted by molar-refractivity contribution is -0.149. The van der Waals surface area contributed by atoms with E-state index in [2.05, 4.69) is 21.4 Å². The number of hydrogen-bond donors (Lipinski definition) is 2. The average molecular weight is 567 g/mol. The molecule has 0 aliphatic heterocycles. The summed E-state index contributed by atoms with van der Waals surface area (Å²) in [5, 5.41) is 13.0. The highest BCUT2D eigenvalue weighted by Crippen LogP contribution is 2.33. The number of nitrogens with one attached hydrogen (secondary N) is 1. The first-order chi connectivity index (χ1) is 20.1. The summed E-state index contributed by atoms with van der Waals surface area (Å²) in [4.78, 5) is 39.9. The van der Waals surface area contributed by atoms with E-state index >= 15 is 0 Å². The van der Waals surface area contributed by atoms with E-state index in [0.29, 0.717) is 24.3 Å². The van der Waals surface area contributed by atoms with E-state index in [1.54, 1.807) is 47.6 Å². The molecule has 1 atom stereocenters. The summed E-state index contributed by atoms with van der Waals surface area (Å²) in [5.41, 5.74) is 10.5. The van der Waals surface area contributed by atoms with Crippen LogP contribution in [0.1, 0.15) is 26.0 Å². The number of carbonyl (C=O) groups is 2. The molecule has 0 bridgehead atoms. The van der Waals surface area contributed by atoms with Crippen LogP contribution in [0.15, 0.2) is 67.4 Å². The third-order valence-electron chi connectivity index (χ3n) is 6.35. The lowest BCUT2D eigenvalue weighted by atomic mass is 10.0. The number of ether oxygens (including phenoxy) is 1. The number of nitrogens with zero attached hydrogens (tertiary/aromatic N) is 6. The number of carbonyl (C=O) groups excluding carboxylic acids is 2. The molecule has 3 N–H and O–H groups in total. The van der Waals surface area contributed by atoms with Crippen molar-refractivity contribution in [2.75, 3.05) is 26.0 Å². The number of amides is 1. The normalized spacial score (nSPS) is 12.1. The minimum Gasteiger partial charge on any atom is -0.443 e. The Kier molecular flexibility index (Phi) is 9.75. The van der Waals surface area contributed by atoms with Gasteiger partial charge in [0.05, 0.1) is 11.9 Å². The van der Waals surface area contributed by atoms with Crippen molar-refractivity contribution in [1.29, 1.82) is 5.26 Å². The van der Waals surface area contributed by atoms with E-state index in [4.69, 9.17) is 15.5 Å². The maximum Gasteiger partial charge on any atom is 0.324 e. The zero-order valence-electron chi connectivity index (χ0n) is 24.1. The van der Waals surface area contributed by atoms with Gasteiger partial charge in [0, 0.05) is 59.5 Å². The van der Waals surface area contributed by atoms with Crippen LogP contribution in [-0.4, -0.2) is 63.0 Å². The highest BCUT2D eigenvalue weighted by molar-refractivity contribution is 6.00. The van der Waals surface area contributed by atoms with E-state index in [1.165, 1.54) is 6.08 Å². The summed E-state index contributed by atoms with van der Waals surface area (Å²) in [6.07, 6.45) is 12.2. The zero-order valence-corrected chi connectivity index (χ0v) is 24.1. The third kappa shape index (κ3) is 7.63. The van der Waals surface area contributed by atoms with Gasteiger partial charge in [-0.05, 0) is 56.3 Å². The van der Waals surface area contributed by atoms with Crippen molar-refractivity contribution in [2.45, 2.75) is 33.0 Å². The SMILES string of the molecule is CC(C)C[C@H](N)C(=O)OCn1cc(-c2ccnc(C#N)c2)c2cc(-c3cncc(NC(=O)/C=C/CN(C)C)c3)cnc21. The van der Waals surface area contributed by atoms with Crippen LogP contribution in [-0.2, 0) is 21.1 Å². The Bertz CT molecular complexity index is 1650. The molecule has 0 aliphatic rings. The molecule has 0 spiro atoms. The fourth-order valence-corrected chi connectivity index (χ4v) is 4.38. The second-order valence-corrected chi connectivity index (χ2v) is 10.6. The minimum absolute atomic E-state index is 0.0753. The van der Waals surface area contributed by atoms with E-state index in [-0.39, 0.29) is 24.2 Å². The monoisotopic (exact) mass is 566 g/mol. The third-order valence-corrected chi connectivity index (χ3v) is 6.35. The predicted molar refractivity (Wildman–Crippen MR) is 161 cm³/mol. The van der Waals surface area contributed by atoms with Crippen molar-refractivity contribution in [2.24, 2.45) is 11.7 Å². The van der Waals surface area contributed by atoms with Gasteiger partial charge in [-0.15, -0.1) is 0 Å². The van der Waals surface area contributed by atoms with Crippen LogP contribution in [0, 0.1) is 17.2 Å². The van der Waals surface area contributed by atoms with Gasteiger partial charge in [-0.2, -0.15) is 5.26 Å². The van der Waals surface area contributed by atoms with Crippen molar-refractivity contribution in [3.05, 3.63) is 73.1 Å². The smallest absolute Gasteiger partial charge is 0.324 e. The minimum atomic E-state index is -0.715. The number of nitrogens with two attached hydrogens (primary N) is 1. The number of rotatable bonds is 11. The highest BCUT2D eigenvalue weighted by Gasteiger charge is 2.19. The van der Waals surface area contributed by atoms with Crippen LogP contribution in [0.25, 0.3) is 33.3 Å². The summed E-state index contributed by atoms with van der Waals surface area (Å²) >= 11 is 0. The summed E-state index contributed by atoms with van der Waals surface area (Å²) < 4.78 is 7.27. The van der Waals surface area contributed by atoms with Crippen LogP contribution >= 0.6 is 0 Å². The van der Waals surface area contributed by atoms with Gasteiger partial charge in [0.2, 0.25) is 5.91 Å². The van der Waals surface area contributed by atoms with Crippen molar-refractivity contribution in [1.82, 2.24) is 24.4 Å². The number of fused-ring (bicyclic) bond motifs is 1. The Morgan fingerprint density at radius 3 is 2.67 bits per heavy atom. The van der Waals surface area contributed by atoms with Crippen LogP contribution in [0.4, 0.5) is 5.69 Å². The van der Waals surface area contributed by atoms with Gasteiger partial charge in [-0.25, -0.2) is 9.97 Å². The zero-order chi connectivity index (χ0) is 30.2. The fourth-order valence-electron chi connectivity index (χ4n) is 4.38. The number of esters is 1. The number of hydrogen-bond acceptors (Lipinski definition) is 9. The molecule has 4 aromatic rings. The van der Waals surface area contributed by atoms with Gasteiger partial charge in [-0.1, -0.05) is 19.9 Å². The molecule has 0 unspecified atom stereocenters. The van der Waals surface area contributed by atoms with Crippen molar-refractivity contribution < 1.29 is 14.3 Å². The molecule has 0 radical (unpaired) electrons. The molecule has 0 aromatic carbocycles. The Hall–Kier alpha value is -4.92. The Morgan fingerprint density at radius 1 is 1.14 bits per heavy atom. The Morgan fingerprint density at radius 2 is 1.93 bits per heavy atom. The molecule has 0 fully saturated rings. The Balaban J connectivity index is 1.68. The number of likely N-dealkylation sites (N-methyl/N-ethyl adjacent to an activating group) is 1. The van der Waals surface area contributed by atoms with Crippen LogP contribution in [0.5, 0.6) is 0 Å². The van der Waals surface area contributed by atoms with Crippen molar-refractivity contribution in [3.8, 4) is 28.3 Å². The molecule has 4 aromatic heterocycles. The first kappa shape index (κ1) is 30.0. The fraction of sp³-hybridized carbons (Fsp3) is 0.290. The number of nitriles is 1. The van der Waals surface area contributed by atoms with E-state index in [9.17, 15) is 14.9 Å². The molecule has 216 valence electrons. The van der Waals surface area contributed by atoms with Gasteiger partial charge >= 0.3 is 5.97 Å². The first-order valence-corrected chi connectivity index (χ1v) is 13.5. The van der Waals surface area contributed by atoms with E-state index in [1.807, 2.05) is 51.2 Å². The second-order valence-electron chi connectivity index (χ2n) is 10.6. The standard InChI is InChI=1S/C31H34N8O3/c1-20(2)10-28(33)31(41)42-19-39-18-27(21-7-8-35-24(11-21)14-32)26-13-23(16-36-30(26)39)22-12-25(17-34-15-22)37-29(40)6-5-9-38(3)4/h5-8,11-13,15-18,20,28H,9-10,19,33H2,1-4H3,(H,37,40)/b6-5+/t28-/m0/s1. The predicted octanol–water partition coefficient (Wildman–Crippen LogP) is 3.96. The highest BCUT2D eigenvalue weighted by atomic mass is 16.5. The molecule has 0 saturated carbocycles. The molecule has 0 saturated heterocycles. The molecule has 4 heterocycles. The summed E-state index contributed by atoms with van der Waals surface area (Å²) in [5.74, 6) is -0.480. The summed E-state index contributed by atoms with van der Waals surface area (Å²) in [6, 6.07) is 8.62. The molecule has 11 nitrogen and oxygen atoms in total. The van der Waals surface area contributed by atoms with Crippen molar-refractivity contribution in [3.63, 3.8) is 0 Å². The van der Waals surface area contributed by atoms with Crippen LogP contribution < -0.4 is 11.1 Å². The van der Waals surface area contributed by atoms with Crippen LogP contribution in [0.2, 0.25) is 0 Å². The molecular formula is C31H34N8O3. The number of pyridine rings is 3. The topological polar surface area (TPSA) is 152 Å². The maximum atomic E-state index is 12.5. The molecule has 0 aliphatic carbocycles. The maximum absolute atomic E-state index is 12.5. The molecule has 1 amide bonds. The molecule has 42 heavy (non-hydrogen) atoms. The van der Waals surface area contributed by atoms with Crippen LogP contribution in [0.3, 0.4) is 0 Å². The average Bonchev–Trinajstić information content (AvgIpc) is 3.33. The van der Waals surface area contributed by atoms with E-state index in [0.717, 1.165) is 27.6 Å². The second kappa shape index (κ2) is 13.6. The van der Waals surface area contributed by atoms with Gasteiger partial charge < -0.3 is 20.7 Å². The number of aromatic nitrogens is 4. The van der Waals surface area contributed by atoms with Gasteiger partial charge in [-0.3, -0.25) is 19.1 Å². The molecule has 4 rings (SSSR count). The lowest BCUT2D eigenvalue weighted by Crippen LogP contribution is -2.33. The lowest BCUT2D eigenvalue weighted by Gasteiger charge is -2.14. The quantitative estimate of drug-likeness (QED) is 0.203. The summed E-state index contributed by atoms with van der Waals surface area (Å²) in [6.45, 7) is 4.56. The van der Waals surface area contributed by atoms with Gasteiger partial charge in [0.15, 0.2) is 6.73 Å². The van der Waals surface area contributed by atoms with E-state index < -0.39 is 12.0 Å². The van der Waals surface area contributed by atoms with Crippen molar-refractivity contribution >= 4 is 28.6 Å². The number of anilines is 1. The van der Waals surface area contributed by atoms with Gasteiger partial charge in [0.25, 0.3) is 0 Å². The van der Waals surface area contributed by atoms with Gasteiger partial charge in [0.1, 0.15) is 23.5 Å². The first-order valence-electron chi connectivity index (χ1n) is 13.5. The molecular weight excluding hydrogens is 532 g/mol. The summed E-state index contributed by atoms with van der Waals surface area (Å²) in [7, 11) is 3.85. The molecule has 11 heteroatoms. The Labute approximate surface area is 244 Å². The largest absolute Gasteiger partial charge is 0.443 e.